The maximum Gasteiger partial charge on any atom is 0.241 e. The molecule has 0 aliphatic carbocycles. The molecule has 28 heavy (non-hydrogen) atoms. The SMILES string of the molecule is Cc1nn(CC(=O)NCCCn2cc(Br)cn2)c2nccc(-c3cccs3)c12. The molecule has 0 aliphatic rings. The van der Waals surface area contributed by atoms with Gasteiger partial charge in [0.05, 0.1) is 21.7 Å². The number of thiophene rings is 1. The predicted octanol–water partition coefficient (Wildman–Crippen LogP) is 3.63. The lowest BCUT2D eigenvalue weighted by Gasteiger charge is -2.06. The first-order valence-electron chi connectivity index (χ1n) is 8.92. The summed E-state index contributed by atoms with van der Waals surface area (Å²) in [6.45, 7) is 3.44. The van der Waals surface area contributed by atoms with Crippen LogP contribution in [-0.4, -0.2) is 37.0 Å². The Bertz CT molecular complexity index is 1100. The second kappa shape index (κ2) is 8.24. The topological polar surface area (TPSA) is 77.6 Å². The van der Waals surface area contributed by atoms with Crippen molar-refractivity contribution < 1.29 is 4.79 Å². The van der Waals surface area contributed by atoms with Gasteiger partial charge in [-0.3, -0.25) is 9.48 Å². The van der Waals surface area contributed by atoms with Gasteiger partial charge >= 0.3 is 0 Å². The van der Waals surface area contributed by atoms with Crippen LogP contribution in [0.15, 0.2) is 46.6 Å². The van der Waals surface area contributed by atoms with Gasteiger partial charge in [-0.1, -0.05) is 6.07 Å². The standard InChI is InChI=1S/C19H19BrN6OS/c1-13-18-15(16-4-2-9-28-16)5-7-22-19(18)26(24-13)12-17(27)21-6-3-8-25-11-14(20)10-23-25/h2,4-5,7,9-11H,3,6,8,12H2,1H3,(H,21,27). The van der Waals surface area contributed by atoms with Crippen LogP contribution in [0, 0.1) is 6.92 Å². The molecule has 9 heteroatoms. The van der Waals surface area contributed by atoms with Gasteiger partial charge in [0.15, 0.2) is 5.65 Å². The Morgan fingerprint density at radius 1 is 1.36 bits per heavy atom. The first-order valence-corrected chi connectivity index (χ1v) is 10.6. The number of carbonyl (C=O) groups excluding carboxylic acids is 1. The zero-order chi connectivity index (χ0) is 19.5. The fraction of sp³-hybridized carbons (Fsp3) is 0.263. The van der Waals surface area contributed by atoms with Crippen LogP contribution in [-0.2, 0) is 17.9 Å². The van der Waals surface area contributed by atoms with Gasteiger partial charge in [0.25, 0.3) is 0 Å². The number of nitrogens with zero attached hydrogens (tertiary/aromatic N) is 5. The molecule has 7 nitrogen and oxygen atoms in total. The zero-order valence-corrected chi connectivity index (χ0v) is 17.7. The zero-order valence-electron chi connectivity index (χ0n) is 15.3. The highest BCUT2D eigenvalue weighted by atomic mass is 79.9. The van der Waals surface area contributed by atoms with Crippen molar-refractivity contribution in [2.45, 2.75) is 26.4 Å². The molecule has 0 aliphatic heterocycles. The van der Waals surface area contributed by atoms with Crippen LogP contribution < -0.4 is 5.32 Å². The summed E-state index contributed by atoms with van der Waals surface area (Å²) >= 11 is 5.05. The minimum absolute atomic E-state index is 0.0747. The minimum atomic E-state index is -0.0747. The van der Waals surface area contributed by atoms with Crippen molar-refractivity contribution in [3.8, 4) is 10.4 Å². The van der Waals surface area contributed by atoms with Gasteiger partial charge in [0, 0.05) is 35.9 Å². The highest BCUT2D eigenvalue weighted by Gasteiger charge is 2.16. The molecule has 0 aromatic carbocycles. The largest absolute Gasteiger partial charge is 0.354 e. The Kier molecular flexibility index (Phi) is 5.54. The molecule has 0 spiro atoms. The van der Waals surface area contributed by atoms with Gasteiger partial charge < -0.3 is 5.32 Å². The number of hydrogen-bond acceptors (Lipinski definition) is 5. The van der Waals surface area contributed by atoms with E-state index in [1.807, 2.05) is 29.9 Å². The van der Waals surface area contributed by atoms with Crippen LogP contribution in [0.4, 0.5) is 0 Å². The number of aryl methyl sites for hydroxylation is 2. The molecule has 0 atom stereocenters. The van der Waals surface area contributed by atoms with Crippen molar-refractivity contribution in [1.82, 2.24) is 29.9 Å². The second-order valence-electron chi connectivity index (χ2n) is 6.40. The Balaban J connectivity index is 1.42. The maximum atomic E-state index is 12.4. The predicted molar refractivity (Wildman–Crippen MR) is 113 cm³/mol. The van der Waals surface area contributed by atoms with E-state index in [9.17, 15) is 4.79 Å². The van der Waals surface area contributed by atoms with E-state index in [1.54, 1.807) is 28.4 Å². The summed E-state index contributed by atoms with van der Waals surface area (Å²) in [5.41, 5.74) is 2.72. The lowest BCUT2D eigenvalue weighted by Crippen LogP contribution is -2.29. The third-order valence-corrected chi connectivity index (χ3v) is 5.69. The molecule has 4 aromatic rings. The molecule has 4 aromatic heterocycles. The lowest BCUT2D eigenvalue weighted by molar-refractivity contribution is -0.121. The Morgan fingerprint density at radius 3 is 3.00 bits per heavy atom. The molecule has 144 valence electrons. The molecular formula is C19H19BrN6OS. The summed E-state index contributed by atoms with van der Waals surface area (Å²) in [4.78, 5) is 18.0. The molecular weight excluding hydrogens is 440 g/mol. The summed E-state index contributed by atoms with van der Waals surface area (Å²) in [5, 5.41) is 14.8. The highest BCUT2D eigenvalue weighted by molar-refractivity contribution is 9.10. The van der Waals surface area contributed by atoms with E-state index in [2.05, 4.69) is 47.9 Å². The molecule has 4 rings (SSSR count). The van der Waals surface area contributed by atoms with E-state index in [0.29, 0.717) is 6.54 Å². The fourth-order valence-electron chi connectivity index (χ4n) is 3.15. The fourth-order valence-corrected chi connectivity index (χ4v) is 4.24. The van der Waals surface area contributed by atoms with Crippen LogP contribution in [0.5, 0.6) is 0 Å². The van der Waals surface area contributed by atoms with Crippen LogP contribution in [0.3, 0.4) is 0 Å². The van der Waals surface area contributed by atoms with Gasteiger partial charge in [-0.2, -0.15) is 10.2 Å². The number of amides is 1. The van der Waals surface area contributed by atoms with Gasteiger partial charge in [-0.05, 0) is 46.8 Å². The summed E-state index contributed by atoms with van der Waals surface area (Å²) < 4.78 is 4.48. The van der Waals surface area contributed by atoms with Crippen molar-refractivity contribution >= 4 is 44.2 Å². The van der Waals surface area contributed by atoms with Crippen LogP contribution in [0.25, 0.3) is 21.5 Å². The molecule has 0 radical (unpaired) electrons. The number of carbonyl (C=O) groups is 1. The number of nitrogens with one attached hydrogen (secondary N) is 1. The summed E-state index contributed by atoms with van der Waals surface area (Å²) in [6.07, 6.45) is 6.24. The van der Waals surface area contributed by atoms with E-state index in [0.717, 1.165) is 39.7 Å². The second-order valence-corrected chi connectivity index (χ2v) is 8.27. The molecule has 1 amide bonds. The Labute approximate surface area is 174 Å². The summed E-state index contributed by atoms with van der Waals surface area (Å²) in [5.74, 6) is -0.0747. The first-order chi connectivity index (χ1) is 13.6. The maximum absolute atomic E-state index is 12.4. The summed E-state index contributed by atoms with van der Waals surface area (Å²) in [7, 11) is 0. The molecule has 0 unspecified atom stereocenters. The minimum Gasteiger partial charge on any atom is -0.354 e. The first kappa shape index (κ1) is 18.8. The van der Waals surface area contributed by atoms with Crippen LogP contribution in [0.2, 0.25) is 0 Å². The Hall–Kier alpha value is -2.52. The van der Waals surface area contributed by atoms with Gasteiger partial charge in [-0.25, -0.2) is 9.67 Å². The Morgan fingerprint density at radius 2 is 2.25 bits per heavy atom. The summed E-state index contributed by atoms with van der Waals surface area (Å²) in [6, 6.07) is 6.11. The average molecular weight is 459 g/mol. The van der Waals surface area contributed by atoms with Crippen molar-refractivity contribution in [3.63, 3.8) is 0 Å². The van der Waals surface area contributed by atoms with E-state index >= 15 is 0 Å². The third-order valence-electron chi connectivity index (χ3n) is 4.38. The number of rotatable bonds is 7. The molecule has 0 saturated carbocycles. The smallest absolute Gasteiger partial charge is 0.241 e. The van der Waals surface area contributed by atoms with E-state index in [4.69, 9.17) is 0 Å². The molecule has 1 N–H and O–H groups in total. The number of hydrogen-bond donors (Lipinski definition) is 1. The average Bonchev–Trinajstić information content (AvgIpc) is 3.41. The number of pyridine rings is 1. The highest BCUT2D eigenvalue weighted by Crippen LogP contribution is 2.32. The van der Waals surface area contributed by atoms with Crippen molar-refractivity contribution in [3.05, 3.63) is 52.3 Å². The van der Waals surface area contributed by atoms with Gasteiger partial charge in [-0.15, -0.1) is 11.3 Å². The monoisotopic (exact) mass is 458 g/mol. The molecule has 0 fully saturated rings. The van der Waals surface area contributed by atoms with Crippen molar-refractivity contribution in [2.24, 2.45) is 0 Å². The number of fused-ring (bicyclic) bond motifs is 1. The molecule has 4 heterocycles. The van der Waals surface area contributed by atoms with Gasteiger partial charge in [0.2, 0.25) is 5.91 Å². The molecule has 0 saturated heterocycles. The molecule has 0 bridgehead atoms. The quantitative estimate of drug-likeness (QED) is 0.428. The number of aromatic nitrogens is 5. The van der Waals surface area contributed by atoms with Crippen molar-refractivity contribution in [1.29, 1.82) is 0 Å². The van der Waals surface area contributed by atoms with E-state index in [-0.39, 0.29) is 12.5 Å². The van der Waals surface area contributed by atoms with Crippen molar-refractivity contribution in [2.75, 3.05) is 6.54 Å². The third kappa shape index (κ3) is 4.00. The van der Waals surface area contributed by atoms with Crippen LogP contribution in [0.1, 0.15) is 12.1 Å². The van der Waals surface area contributed by atoms with Gasteiger partial charge in [0.1, 0.15) is 6.54 Å². The van der Waals surface area contributed by atoms with E-state index in [1.165, 1.54) is 4.88 Å². The van der Waals surface area contributed by atoms with Crippen LogP contribution >= 0.6 is 27.3 Å². The normalized spacial score (nSPS) is 11.2. The number of halogens is 1. The van der Waals surface area contributed by atoms with E-state index < -0.39 is 0 Å². The lowest BCUT2D eigenvalue weighted by atomic mass is 10.1.